The van der Waals surface area contributed by atoms with Crippen molar-refractivity contribution < 1.29 is 9.84 Å². The molecule has 3 heteroatoms. The fourth-order valence-corrected chi connectivity index (χ4v) is 2.77. The molecule has 1 saturated carbocycles. The van der Waals surface area contributed by atoms with Gasteiger partial charge in [0.05, 0.1) is 11.6 Å². The second-order valence-corrected chi connectivity index (χ2v) is 5.54. The molecular formula is C16H19NO2. The lowest BCUT2D eigenvalue weighted by Gasteiger charge is -2.50. The van der Waals surface area contributed by atoms with Crippen molar-refractivity contribution in [3.05, 3.63) is 36.5 Å². The minimum Gasteiger partial charge on any atom is -0.489 e. The number of aromatic nitrogens is 1. The van der Waals surface area contributed by atoms with E-state index in [9.17, 15) is 5.11 Å². The smallest absolute Gasteiger partial charge is 0.129 e. The monoisotopic (exact) mass is 257 g/mol. The lowest BCUT2D eigenvalue weighted by molar-refractivity contribution is -0.146. The van der Waals surface area contributed by atoms with Crippen LogP contribution in [0.1, 0.15) is 26.7 Å². The molecule has 0 amide bonds. The number of aliphatic hydroxyl groups excluding tert-OH is 1. The van der Waals surface area contributed by atoms with Crippen molar-refractivity contribution >= 4 is 10.9 Å². The van der Waals surface area contributed by atoms with Gasteiger partial charge in [-0.3, -0.25) is 4.98 Å². The van der Waals surface area contributed by atoms with Gasteiger partial charge >= 0.3 is 0 Å². The van der Waals surface area contributed by atoms with Crippen molar-refractivity contribution in [1.82, 2.24) is 4.98 Å². The summed E-state index contributed by atoms with van der Waals surface area (Å²) >= 11 is 0. The molecule has 2 aromatic rings. The minimum atomic E-state index is -0.254. The average Bonchev–Trinajstić information content (AvgIpc) is 2.46. The van der Waals surface area contributed by atoms with Crippen molar-refractivity contribution in [1.29, 1.82) is 0 Å². The van der Waals surface area contributed by atoms with E-state index in [-0.39, 0.29) is 17.6 Å². The third kappa shape index (κ3) is 1.89. The van der Waals surface area contributed by atoms with Gasteiger partial charge in [0.1, 0.15) is 11.9 Å². The molecule has 0 saturated heterocycles. The number of hydrogen-bond acceptors (Lipinski definition) is 3. The maximum absolute atomic E-state index is 9.94. The van der Waals surface area contributed by atoms with Crippen LogP contribution in [-0.2, 0) is 0 Å². The van der Waals surface area contributed by atoms with Gasteiger partial charge in [-0.1, -0.05) is 19.9 Å². The number of pyridine rings is 1. The third-order valence-corrected chi connectivity index (χ3v) is 4.57. The van der Waals surface area contributed by atoms with Crippen LogP contribution in [0.25, 0.3) is 10.9 Å². The first-order chi connectivity index (χ1) is 9.15. The lowest BCUT2D eigenvalue weighted by Crippen LogP contribution is -2.57. The molecule has 3 atom stereocenters. The van der Waals surface area contributed by atoms with Gasteiger partial charge in [0, 0.05) is 23.4 Å². The molecule has 3 unspecified atom stereocenters. The van der Waals surface area contributed by atoms with E-state index in [1.165, 1.54) is 0 Å². The van der Waals surface area contributed by atoms with Crippen LogP contribution in [0.2, 0.25) is 0 Å². The van der Waals surface area contributed by atoms with Crippen LogP contribution in [0.5, 0.6) is 5.75 Å². The standard InChI is InChI=1S/C16H19NO2/c1-3-16(2)14(18)10-15(16)19-13-8-4-7-12-11(13)6-5-9-17-12/h4-9,14-15,18H,3,10H2,1-2H3. The third-order valence-electron chi connectivity index (χ3n) is 4.57. The molecule has 0 radical (unpaired) electrons. The van der Waals surface area contributed by atoms with Gasteiger partial charge in [-0.2, -0.15) is 0 Å². The highest BCUT2D eigenvalue weighted by atomic mass is 16.5. The van der Waals surface area contributed by atoms with E-state index in [4.69, 9.17) is 4.74 Å². The molecule has 100 valence electrons. The Morgan fingerprint density at radius 3 is 2.95 bits per heavy atom. The first kappa shape index (κ1) is 12.4. The molecule has 1 aromatic carbocycles. The molecule has 1 heterocycles. The van der Waals surface area contributed by atoms with E-state index in [0.717, 1.165) is 23.1 Å². The second-order valence-electron chi connectivity index (χ2n) is 5.54. The first-order valence-corrected chi connectivity index (χ1v) is 6.83. The molecule has 3 rings (SSSR count). The van der Waals surface area contributed by atoms with Crippen LogP contribution < -0.4 is 4.74 Å². The van der Waals surface area contributed by atoms with E-state index < -0.39 is 0 Å². The number of nitrogens with zero attached hydrogens (tertiary/aromatic N) is 1. The van der Waals surface area contributed by atoms with Crippen LogP contribution in [0.15, 0.2) is 36.5 Å². The molecule has 1 fully saturated rings. The van der Waals surface area contributed by atoms with Crippen LogP contribution in [-0.4, -0.2) is 22.3 Å². The van der Waals surface area contributed by atoms with Crippen molar-refractivity contribution in [3.63, 3.8) is 0 Å². The fourth-order valence-electron chi connectivity index (χ4n) is 2.77. The SMILES string of the molecule is CCC1(C)C(O)CC1Oc1cccc2ncccc12. The molecular weight excluding hydrogens is 238 g/mol. The Balaban J connectivity index is 1.91. The van der Waals surface area contributed by atoms with Crippen molar-refractivity contribution in [2.45, 2.75) is 38.9 Å². The topological polar surface area (TPSA) is 42.4 Å². The predicted octanol–water partition coefficient (Wildman–Crippen LogP) is 3.16. The van der Waals surface area contributed by atoms with E-state index >= 15 is 0 Å². The van der Waals surface area contributed by atoms with E-state index in [1.807, 2.05) is 30.3 Å². The van der Waals surface area contributed by atoms with E-state index in [2.05, 4.69) is 18.8 Å². The summed E-state index contributed by atoms with van der Waals surface area (Å²) in [6.45, 7) is 4.19. The zero-order valence-corrected chi connectivity index (χ0v) is 11.3. The Labute approximate surface area is 113 Å². The minimum absolute atomic E-state index is 0.0818. The summed E-state index contributed by atoms with van der Waals surface area (Å²) in [4.78, 5) is 4.34. The first-order valence-electron chi connectivity index (χ1n) is 6.83. The maximum atomic E-state index is 9.94. The zero-order valence-electron chi connectivity index (χ0n) is 11.3. The largest absolute Gasteiger partial charge is 0.489 e. The molecule has 1 N–H and O–H groups in total. The van der Waals surface area contributed by atoms with Crippen molar-refractivity contribution in [3.8, 4) is 5.75 Å². The molecule has 0 bridgehead atoms. The Bertz CT molecular complexity index is 593. The summed E-state index contributed by atoms with van der Waals surface area (Å²) in [5, 5.41) is 11.0. The highest BCUT2D eigenvalue weighted by Gasteiger charge is 2.51. The number of aliphatic hydroxyl groups is 1. The Hall–Kier alpha value is -1.61. The van der Waals surface area contributed by atoms with Crippen LogP contribution in [0, 0.1) is 5.41 Å². The van der Waals surface area contributed by atoms with Gasteiger partial charge in [0.15, 0.2) is 0 Å². The molecule has 1 aromatic heterocycles. The van der Waals surface area contributed by atoms with Crippen LogP contribution in [0.3, 0.4) is 0 Å². The van der Waals surface area contributed by atoms with E-state index in [1.54, 1.807) is 6.20 Å². The van der Waals surface area contributed by atoms with Crippen molar-refractivity contribution in [2.24, 2.45) is 5.41 Å². The number of ether oxygens (including phenoxy) is 1. The molecule has 0 aliphatic heterocycles. The molecule has 1 aliphatic carbocycles. The Morgan fingerprint density at radius 1 is 1.37 bits per heavy atom. The summed E-state index contributed by atoms with van der Waals surface area (Å²) in [6, 6.07) is 9.87. The van der Waals surface area contributed by atoms with Gasteiger partial charge in [-0.25, -0.2) is 0 Å². The zero-order chi connectivity index (χ0) is 13.5. The second kappa shape index (κ2) is 4.49. The molecule has 3 nitrogen and oxygen atoms in total. The van der Waals surface area contributed by atoms with Gasteiger partial charge in [0.25, 0.3) is 0 Å². The summed E-state index contributed by atoms with van der Waals surface area (Å²) in [5.74, 6) is 0.863. The normalized spacial score (nSPS) is 30.1. The number of fused-ring (bicyclic) bond motifs is 1. The molecule has 1 aliphatic rings. The Kier molecular flexibility index (Phi) is 2.94. The van der Waals surface area contributed by atoms with Gasteiger partial charge < -0.3 is 9.84 Å². The van der Waals surface area contributed by atoms with Gasteiger partial charge in [-0.15, -0.1) is 0 Å². The highest BCUT2D eigenvalue weighted by molar-refractivity contribution is 5.84. The summed E-state index contributed by atoms with van der Waals surface area (Å²) < 4.78 is 6.14. The fraction of sp³-hybridized carbons (Fsp3) is 0.438. The number of hydrogen-bond donors (Lipinski definition) is 1. The molecule has 19 heavy (non-hydrogen) atoms. The average molecular weight is 257 g/mol. The summed E-state index contributed by atoms with van der Waals surface area (Å²) in [5.41, 5.74) is 0.808. The van der Waals surface area contributed by atoms with Gasteiger partial charge in [-0.05, 0) is 30.7 Å². The number of rotatable bonds is 3. The van der Waals surface area contributed by atoms with Crippen LogP contribution >= 0.6 is 0 Å². The van der Waals surface area contributed by atoms with E-state index in [0.29, 0.717) is 6.42 Å². The van der Waals surface area contributed by atoms with Crippen molar-refractivity contribution in [2.75, 3.05) is 0 Å². The Morgan fingerprint density at radius 2 is 2.21 bits per heavy atom. The van der Waals surface area contributed by atoms with Crippen LogP contribution in [0.4, 0.5) is 0 Å². The summed E-state index contributed by atoms with van der Waals surface area (Å²) in [6.07, 6.45) is 3.24. The lowest BCUT2D eigenvalue weighted by atomic mass is 9.63. The van der Waals surface area contributed by atoms with Gasteiger partial charge in [0.2, 0.25) is 0 Å². The highest BCUT2D eigenvalue weighted by Crippen LogP contribution is 2.46. The molecule has 0 spiro atoms. The number of benzene rings is 1. The quantitative estimate of drug-likeness (QED) is 0.918. The maximum Gasteiger partial charge on any atom is 0.129 e. The predicted molar refractivity (Wildman–Crippen MR) is 75.2 cm³/mol. The summed E-state index contributed by atoms with van der Waals surface area (Å²) in [7, 11) is 0.